The summed E-state index contributed by atoms with van der Waals surface area (Å²) in [6.07, 6.45) is 8.62. The third kappa shape index (κ3) is 2.18. The topological polar surface area (TPSA) is 82.8 Å². The SMILES string of the molecule is NCCCCn1cnc2c(N)nc3c(c21)CCCC3. The van der Waals surface area contributed by atoms with Gasteiger partial charge in [-0.05, 0) is 50.6 Å². The molecule has 102 valence electrons. The number of nitrogens with two attached hydrogens (primary N) is 2. The van der Waals surface area contributed by atoms with Gasteiger partial charge in [0.2, 0.25) is 0 Å². The minimum Gasteiger partial charge on any atom is -0.382 e. The van der Waals surface area contributed by atoms with E-state index in [1.54, 1.807) is 0 Å². The Hall–Kier alpha value is -1.62. The van der Waals surface area contributed by atoms with Gasteiger partial charge in [0.15, 0.2) is 5.82 Å². The molecule has 5 nitrogen and oxygen atoms in total. The summed E-state index contributed by atoms with van der Waals surface area (Å²) in [5.41, 5.74) is 16.2. The summed E-state index contributed by atoms with van der Waals surface area (Å²) in [7, 11) is 0. The number of aromatic nitrogens is 3. The Morgan fingerprint density at radius 3 is 2.89 bits per heavy atom. The van der Waals surface area contributed by atoms with Gasteiger partial charge in [-0.15, -0.1) is 0 Å². The van der Waals surface area contributed by atoms with E-state index in [0.29, 0.717) is 5.82 Å². The maximum Gasteiger partial charge on any atom is 0.151 e. The van der Waals surface area contributed by atoms with Crippen molar-refractivity contribution in [1.29, 1.82) is 0 Å². The van der Waals surface area contributed by atoms with E-state index in [1.165, 1.54) is 29.6 Å². The molecule has 2 aromatic heterocycles. The first-order chi connectivity index (χ1) is 9.31. The average Bonchev–Trinajstić information content (AvgIpc) is 2.84. The second kappa shape index (κ2) is 5.17. The van der Waals surface area contributed by atoms with Gasteiger partial charge in [-0.3, -0.25) is 0 Å². The molecule has 2 heterocycles. The fourth-order valence-corrected chi connectivity index (χ4v) is 2.95. The normalized spacial score (nSPS) is 14.8. The highest BCUT2D eigenvalue weighted by atomic mass is 15.1. The van der Waals surface area contributed by atoms with E-state index in [4.69, 9.17) is 11.5 Å². The summed E-state index contributed by atoms with van der Waals surface area (Å²) >= 11 is 0. The molecule has 0 saturated heterocycles. The number of unbranched alkanes of at least 4 members (excludes halogenated alkanes) is 1. The highest BCUT2D eigenvalue weighted by Crippen LogP contribution is 2.30. The van der Waals surface area contributed by atoms with Crippen LogP contribution in [0.5, 0.6) is 0 Å². The number of hydrogen-bond acceptors (Lipinski definition) is 4. The molecule has 0 atom stereocenters. The zero-order valence-electron chi connectivity index (χ0n) is 11.2. The van der Waals surface area contributed by atoms with Crippen LogP contribution in [0.3, 0.4) is 0 Å². The predicted molar refractivity (Wildman–Crippen MR) is 76.9 cm³/mol. The maximum absolute atomic E-state index is 6.04. The second-order valence-electron chi connectivity index (χ2n) is 5.26. The van der Waals surface area contributed by atoms with Gasteiger partial charge >= 0.3 is 0 Å². The number of aryl methyl sites for hydroxylation is 3. The summed E-state index contributed by atoms with van der Waals surface area (Å²) < 4.78 is 2.23. The second-order valence-corrected chi connectivity index (χ2v) is 5.26. The van der Waals surface area contributed by atoms with Gasteiger partial charge in [-0.1, -0.05) is 0 Å². The third-order valence-corrected chi connectivity index (χ3v) is 3.91. The Kier molecular flexibility index (Phi) is 3.38. The first-order valence-electron chi connectivity index (χ1n) is 7.13. The van der Waals surface area contributed by atoms with Gasteiger partial charge in [0.1, 0.15) is 5.52 Å². The van der Waals surface area contributed by atoms with E-state index >= 15 is 0 Å². The highest BCUT2D eigenvalue weighted by molar-refractivity contribution is 5.88. The molecule has 0 amide bonds. The lowest BCUT2D eigenvalue weighted by atomic mass is 9.95. The number of fused-ring (bicyclic) bond motifs is 3. The van der Waals surface area contributed by atoms with Gasteiger partial charge in [0, 0.05) is 12.2 Å². The molecule has 0 spiro atoms. The van der Waals surface area contributed by atoms with Crippen LogP contribution in [0.4, 0.5) is 5.82 Å². The van der Waals surface area contributed by atoms with Crippen molar-refractivity contribution in [2.24, 2.45) is 5.73 Å². The van der Waals surface area contributed by atoms with Gasteiger partial charge in [-0.2, -0.15) is 0 Å². The van der Waals surface area contributed by atoms with Crippen molar-refractivity contribution in [3.8, 4) is 0 Å². The van der Waals surface area contributed by atoms with E-state index in [9.17, 15) is 0 Å². The summed E-state index contributed by atoms with van der Waals surface area (Å²) in [5, 5.41) is 0. The zero-order chi connectivity index (χ0) is 13.2. The molecule has 5 heteroatoms. The monoisotopic (exact) mass is 259 g/mol. The molecule has 0 aromatic carbocycles. The number of nitrogen functional groups attached to an aromatic ring is 1. The molecular weight excluding hydrogens is 238 g/mol. The number of anilines is 1. The van der Waals surface area contributed by atoms with Crippen molar-refractivity contribution in [3.63, 3.8) is 0 Å². The van der Waals surface area contributed by atoms with Gasteiger partial charge in [-0.25, -0.2) is 9.97 Å². The lowest BCUT2D eigenvalue weighted by Crippen LogP contribution is -2.11. The number of rotatable bonds is 4. The molecule has 0 bridgehead atoms. The van der Waals surface area contributed by atoms with Crippen LogP contribution in [0.15, 0.2) is 6.33 Å². The smallest absolute Gasteiger partial charge is 0.151 e. The molecule has 1 aliphatic carbocycles. The Morgan fingerprint density at radius 1 is 1.21 bits per heavy atom. The quantitative estimate of drug-likeness (QED) is 0.817. The predicted octanol–water partition coefficient (Wildman–Crippen LogP) is 1.63. The van der Waals surface area contributed by atoms with Crippen LogP contribution in [-0.2, 0) is 19.4 Å². The van der Waals surface area contributed by atoms with E-state index in [2.05, 4.69) is 14.5 Å². The first kappa shape index (κ1) is 12.4. The molecule has 0 saturated carbocycles. The van der Waals surface area contributed by atoms with Crippen LogP contribution in [0.2, 0.25) is 0 Å². The Bertz CT molecular complexity index is 587. The lowest BCUT2D eigenvalue weighted by molar-refractivity contribution is 0.619. The Labute approximate surface area is 113 Å². The third-order valence-electron chi connectivity index (χ3n) is 3.91. The van der Waals surface area contributed by atoms with Crippen LogP contribution >= 0.6 is 0 Å². The number of imidazole rings is 1. The van der Waals surface area contributed by atoms with Crippen molar-refractivity contribution in [2.75, 3.05) is 12.3 Å². The lowest BCUT2D eigenvalue weighted by Gasteiger charge is -2.17. The van der Waals surface area contributed by atoms with Crippen molar-refractivity contribution < 1.29 is 0 Å². The molecule has 19 heavy (non-hydrogen) atoms. The molecule has 0 fully saturated rings. The maximum atomic E-state index is 6.04. The molecule has 3 rings (SSSR count). The van der Waals surface area contributed by atoms with Crippen LogP contribution in [-0.4, -0.2) is 21.1 Å². The molecule has 0 unspecified atom stereocenters. The molecule has 1 aliphatic rings. The number of nitrogens with zero attached hydrogens (tertiary/aromatic N) is 3. The fraction of sp³-hybridized carbons (Fsp3) is 0.571. The number of pyridine rings is 1. The van der Waals surface area contributed by atoms with Gasteiger partial charge in [0.25, 0.3) is 0 Å². The summed E-state index contributed by atoms with van der Waals surface area (Å²) in [5.74, 6) is 0.577. The van der Waals surface area contributed by atoms with Crippen molar-refractivity contribution in [2.45, 2.75) is 45.1 Å². The molecule has 2 aromatic rings. The van der Waals surface area contributed by atoms with Crippen LogP contribution < -0.4 is 11.5 Å². The molecule has 0 radical (unpaired) electrons. The summed E-state index contributed by atoms with van der Waals surface area (Å²) in [6, 6.07) is 0. The standard InChI is InChI=1S/C14H21N5/c15-7-3-4-8-19-9-17-12-13(19)10-5-1-2-6-11(10)18-14(12)16/h9H,1-8,15H2,(H2,16,18). The molecule has 4 N–H and O–H groups in total. The first-order valence-corrected chi connectivity index (χ1v) is 7.13. The van der Waals surface area contributed by atoms with Crippen LogP contribution in [0.25, 0.3) is 11.0 Å². The van der Waals surface area contributed by atoms with E-state index in [1.807, 2.05) is 6.33 Å². The fourth-order valence-electron chi connectivity index (χ4n) is 2.95. The van der Waals surface area contributed by atoms with Crippen molar-refractivity contribution >= 4 is 16.9 Å². The van der Waals surface area contributed by atoms with Crippen molar-refractivity contribution in [1.82, 2.24) is 14.5 Å². The van der Waals surface area contributed by atoms with Crippen molar-refractivity contribution in [3.05, 3.63) is 17.6 Å². The molecular formula is C14H21N5. The average molecular weight is 259 g/mol. The minimum atomic E-state index is 0.577. The van der Waals surface area contributed by atoms with Gasteiger partial charge in [0.05, 0.1) is 11.8 Å². The molecule has 0 aliphatic heterocycles. The highest BCUT2D eigenvalue weighted by Gasteiger charge is 2.19. The summed E-state index contributed by atoms with van der Waals surface area (Å²) in [4.78, 5) is 8.98. The largest absolute Gasteiger partial charge is 0.382 e. The Balaban J connectivity index is 2.06. The minimum absolute atomic E-state index is 0.577. The zero-order valence-corrected chi connectivity index (χ0v) is 11.2. The van der Waals surface area contributed by atoms with Gasteiger partial charge < -0.3 is 16.0 Å². The Morgan fingerprint density at radius 2 is 2.05 bits per heavy atom. The van der Waals surface area contributed by atoms with Crippen LogP contribution in [0.1, 0.15) is 36.9 Å². The van der Waals surface area contributed by atoms with E-state index in [0.717, 1.165) is 44.3 Å². The van der Waals surface area contributed by atoms with E-state index in [-0.39, 0.29) is 0 Å². The van der Waals surface area contributed by atoms with E-state index < -0.39 is 0 Å². The van der Waals surface area contributed by atoms with Crippen LogP contribution in [0, 0.1) is 0 Å². The summed E-state index contributed by atoms with van der Waals surface area (Å²) in [6.45, 7) is 1.71. The number of hydrogen-bond donors (Lipinski definition) is 2.